The topological polar surface area (TPSA) is 49.4 Å². The molecule has 1 aliphatic rings. The van der Waals surface area contributed by atoms with Crippen molar-refractivity contribution in [3.8, 4) is 0 Å². The molecule has 1 N–H and O–H groups in total. The van der Waals surface area contributed by atoms with Crippen molar-refractivity contribution in [3.63, 3.8) is 0 Å². The molecule has 0 radical (unpaired) electrons. The number of likely N-dealkylation sites (tertiary alicyclic amines) is 1. The van der Waals surface area contributed by atoms with Gasteiger partial charge in [-0.05, 0) is 62.6 Å². The Morgan fingerprint density at radius 1 is 1.12 bits per heavy atom. The summed E-state index contributed by atoms with van der Waals surface area (Å²) in [5, 5.41) is 3.62. The molecule has 0 spiro atoms. The molecule has 3 rings (SSSR count). The van der Waals surface area contributed by atoms with E-state index in [4.69, 9.17) is 11.6 Å². The summed E-state index contributed by atoms with van der Waals surface area (Å²) in [7, 11) is 0. The first kappa shape index (κ1) is 18.5. The molecule has 1 aliphatic heterocycles. The van der Waals surface area contributed by atoms with Gasteiger partial charge in [0.2, 0.25) is 5.91 Å². The molecule has 1 saturated heterocycles. The Labute approximate surface area is 159 Å². The molecular weight excluding hydrogens is 348 g/mol. The van der Waals surface area contributed by atoms with Gasteiger partial charge in [0.05, 0.1) is 5.92 Å². The van der Waals surface area contributed by atoms with E-state index in [1.807, 2.05) is 32.0 Å². The zero-order valence-electron chi connectivity index (χ0n) is 15.1. The van der Waals surface area contributed by atoms with Gasteiger partial charge in [0, 0.05) is 29.4 Å². The zero-order valence-corrected chi connectivity index (χ0v) is 15.8. The van der Waals surface area contributed by atoms with Crippen molar-refractivity contribution in [3.05, 3.63) is 64.2 Å². The van der Waals surface area contributed by atoms with E-state index in [0.29, 0.717) is 23.7 Å². The summed E-state index contributed by atoms with van der Waals surface area (Å²) in [5.41, 5.74) is 3.65. The van der Waals surface area contributed by atoms with Crippen LogP contribution in [0.25, 0.3) is 0 Å². The highest BCUT2D eigenvalue weighted by atomic mass is 35.5. The van der Waals surface area contributed by atoms with Crippen molar-refractivity contribution < 1.29 is 9.59 Å². The molecule has 136 valence electrons. The Morgan fingerprint density at radius 2 is 1.85 bits per heavy atom. The average molecular weight is 371 g/mol. The monoisotopic (exact) mass is 370 g/mol. The Morgan fingerprint density at radius 3 is 2.54 bits per heavy atom. The van der Waals surface area contributed by atoms with Gasteiger partial charge in [-0.1, -0.05) is 29.3 Å². The van der Waals surface area contributed by atoms with Gasteiger partial charge in [0.1, 0.15) is 0 Å². The number of anilines is 1. The van der Waals surface area contributed by atoms with Crippen LogP contribution in [0.1, 0.15) is 34.3 Å². The van der Waals surface area contributed by atoms with Crippen molar-refractivity contribution in [2.45, 2.75) is 26.7 Å². The SMILES string of the molecule is Cc1ccc(NC(=O)[C@@H]2CCCN(C(=O)c3ccc(Cl)cc3)C2)c(C)c1. The lowest BCUT2D eigenvalue weighted by Crippen LogP contribution is -2.43. The van der Waals surface area contributed by atoms with Crippen LogP contribution in [0.4, 0.5) is 5.69 Å². The number of piperidine rings is 1. The average Bonchev–Trinajstić information content (AvgIpc) is 2.64. The predicted octanol–water partition coefficient (Wildman–Crippen LogP) is 4.45. The first-order chi connectivity index (χ1) is 12.4. The van der Waals surface area contributed by atoms with E-state index in [-0.39, 0.29) is 17.7 Å². The molecule has 1 atom stereocenters. The number of halogens is 1. The van der Waals surface area contributed by atoms with Gasteiger partial charge in [-0.15, -0.1) is 0 Å². The van der Waals surface area contributed by atoms with Crippen molar-refractivity contribution >= 4 is 29.1 Å². The summed E-state index contributed by atoms with van der Waals surface area (Å²) in [6.07, 6.45) is 1.62. The van der Waals surface area contributed by atoms with Gasteiger partial charge in [0.15, 0.2) is 0 Å². The molecule has 0 saturated carbocycles. The van der Waals surface area contributed by atoms with Gasteiger partial charge in [0.25, 0.3) is 5.91 Å². The molecule has 2 amide bonds. The summed E-state index contributed by atoms with van der Waals surface area (Å²) in [5.74, 6) is -0.267. The van der Waals surface area contributed by atoms with Crippen LogP contribution in [0.2, 0.25) is 5.02 Å². The lowest BCUT2D eigenvalue weighted by molar-refractivity contribution is -0.121. The number of rotatable bonds is 3. The van der Waals surface area contributed by atoms with Crippen LogP contribution in [-0.2, 0) is 4.79 Å². The second kappa shape index (κ2) is 7.92. The summed E-state index contributed by atoms with van der Waals surface area (Å²) in [6, 6.07) is 12.8. The first-order valence-corrected chi connectivity index (χ1v) is 9.25. The number of hydrogen-bond donors (Lipinski definition) is 1. The minimum atomic E-state index is -0.194. The van der Waals surface area contributed by atoms with Crippen LogP contribution in [0.15, 0.2) is 42.5 Å². The summed E-state index contributed by atoms with van der Waals surface area (Å²) in [4.78, 5) is 27.1. The molecule has 2 aromatic carbocycles. The van der Waals surface area contributed by atoms with Gasteiger partial charge >= 0.3 is 0 Å². The fourth-order valence-corrected chi connectivity index (χ4v) is 3.47. The zero-order chi connectivity index (χ0) is 18.7. The molecule has 0 aromatic heterocycles. The standard InChI is InChI=1S/C21H23ClN2O2/c1-14-5-10-19(15(2)12-14)23-20(25)17-4-3-11-24(13-17)21(26)16-6-8-18(22)9-7-16/h5-10,12,17H,3-4,11,13H2,1-2H3,(H,23,25)/t17-/m1/s1. The Kier molecular flexibility index (Phi) is 5.62. The van der Waals surface area contributed by atoms with Crippen molar-refractivity contribution in [2.24, 2.45) is 5.92 Å². The number of nitrogens with zero attached hydrogens (tertiary/aromatic N) is 1. The van der Waals surface area contributed by atoms with E-state index in [2.05, 4.69) is 5.32 Å². The fraction of sp³-hybridized carbons (Fsp3) is 0.333. The highest BCUT2D eigenvalue weighted by Gasteiger charge is 2.29. The number of nitrogens with one attached hydrogen (secondary N) is 1. The molecule has 0 unspecified atom stereocenters. The molecular formula is C21H23ClN2O2. The van der Waals surface area contributed by atoms with Crippen LogP contribution >= 0.6 is 11.6 Å². The molecule has 0 bridgehead atoms. The number of carbonyl (C=O) groups excluding carboxylic acids is 2. The van der Waals surface area contributed by atoms with E-state index in [1.165, 1.54) is 0 Å². The predicted molar refractivity (Wildman–Crippen MR) is 105 cm³/mol. The van der Waals surface area contributed by atoms with Gasteiger partial charge in [-0.2, -0.15) is 0 Å². The third kappa shape index (κ3) is 4.25. The number of amides is 2. The van der Waals surface area contributed by atoms with E-state index in [0.717, 1.165) is 29.7 Å². The van der Waals surface area contributed by atoms with E-state index >= 15 is 0 Å². The minimum Gasteiger partial charge on any atom is -0.338 e. The van der Waals surface area contributed by atoms with E-state index in [1.54, 1.807) is 29.2 Å². The number of aryl methyl sites for hydroxylation is 2. The fourth-order valence-electron chi connectivity index (χ4n) is 3.34. The molecule has 1 fully saturated rings. The van der Waals surface area contributed by atoms with Crippen LogP contribution in [0.5, 0.6) is 0 Å². The lowest BCUT2D eigenvalue weighted by atomic mass is 9.96. The summed E-state index contributed by atoms with van der Waals surface area (Å²) in [6.45, 7) is 5.13. The van der Waals surface area contributed by atoms with E-state index in [9.17, 15) is 9.59 Å². The highest BCUT2D eigenvalue weighted by Crippen LogP contribution is 2.23. The van der Waals surface area contributed by atoms with Gasteiger partial charge < -0.3 is 10.2 Å². The highest BCUT2D eigenvalue weighted by molar-refractivity contribution is 6.30. The maximum absolute atomic E-state index is 12.7. The van der Waals surface area contributed by atoms with Crippen molar-refractivity contribution in [2.75, 3.05) is 18.4 Å². The van der Waals surface area contributed by atoms with Crippen LogP contribution in [0.3, 0.4) is 0 Å². The Balaban J connectivity index is 1.66. The maximum atomic E-state index is 12.7. The van der Waals surface area contributed by atoms with Gasteiger partial charge in [-0.25, -0.2) is 0 Å². The molecule has 4 nitrogen and oxygen atoms in total. The van der Waals surface area contributed by atoms with Crippen LogP contribution in [-0.4, -0.2) is 29.8 Å². The van der Waals surface area contributed by atoms with Crippen LogP contribution < -0.4 is 5.32 Å². The second-order valence-electron chi connectivity index (χ2n) is 6.90. The number of hydrogen-bond acceptors (Lipinski definition) is 2. The number of carbonyl (C=O) groups is 2. The molecule has 26 heavy (non-hydrogen) atoms. The Bertz CT molecular complexity index is 817. The third-order valence-corrected chi connectivity index (χ3v) is 5.06. The largest absolute Gasteiger partial charge is 0.338 e. The number of benzene rings is 2. The minimum absolute atomic E-state index is 0.0226. The third-order valence-electron chi connectivity index (χ3n) is 4.81. The first-order valence-electron chi connectivity index (χ1n) is 8.87. The summed E-state index contributed by atoms with van der Waals surface area (Å²) < 4.78 is 0. The van der Waals surface area contributed by atoms with Crippen molar-refractivity contribution in [1.82, 2.24) is 4.90 Å². The summed E-state index contributed by atoms with van der Waals surface area (Å²) >= 11 is 5.89. The maximum Gasteiger partial charge on any atom is 0.253 e. The normalized spacial score (nSPS) is 17.0. The molecule has 5 heteroatoms. The quantitative estimate of drug-likeness (QED) is 0.867. The Hall–Kier alpha value is -2.33. The smallest absolute Gasteiger partial charge is 0.253 e. The van der Waals surface area contributed by atoms with Crippen LogP contribution in [0, 0.1) is 19.8 Å². The van der Waals surface area contributed by atoms with E-state index < -0.39 is 0 Å². The molecule has 1 heterocycles. The molecule has 2 aromatic rings. The second-order valence-corrected chi connectivity index (χ2v) is 7.34. The molecule has 0 aliphatic carbocycles. The van der Waals surface area contributed by atoms with Gasteiger partial charge in [-0.3, -0.25) is 9.59 Å². The lowest BCUT2D eigenvalue weighted by Gasteiger charge is -2.32. The van der Waals surface area contributed by atoms with Crippen molar-refractivity contribution in [1.29, 1.82) is 0 Å².